The van der Waals surface area contributed by atoms with Gasteiger partial charge in [0.2, 0.25) is 0 Å². The lowest BCUT2D eigenvalue weighted by molar-refractivity contribution is 0.102. The Morgan fingerprint density at radius 2 is 2.15 bits per heavy atom. The van der Waals surface area contributed by atoms with Crippen molar-refractivity contribution in [1.82, 2.24) is 4.98 Å². The Hall–Kier alpha value is -2.47. The standard InChI is InChI=1S/C14H9FN2O2S/c15-9-2-1-3-11(18)13(9)14(19)17-8-4-5-10-12(6-8)20-7-16-10/h1-7,18H,(H,17,19). The Labute approximate surface area is 117 Å². The fourth-order valence-corrected chi connectivity index (χ4v) is 2.58. The van der Waals surface area contributed by atoms with E-state index < -0.39 is 11.7 Å². The second kappa shape index (κ2) is 4.90. The van der Waals surface area contributed by atoms with Gasteiger partial charge in [0.25, 0.3) is 5.91 Å². The van der Waals surface area contributed by atoms with E-state index in [1.54, 1.807) is 23.7 Å². The number of hydrogen-bond acceptors (Lipinski definition) is 4. The van der Waals surface area contributed by atoms with E-state index in [0.29, 0.717) is 5.69 Å². The van der Waals surface area contributed by atoms with Crippen LogP contribution in [0, 0.1) is 5.82 Å². The van der Waals surface area contributed by atoms with Gasteiger partial charge in [0.05, 0.1) is 15.7 Å². The summed E-state index contributed by atoms with van der Waals surface area (Å²) in [5.41, 5.74) is 2.70. The van der Waals surface area contributed by atoms with Gasteiger partial charge in [0.15, 0.2) is 0 Å². The van der Waals surface area contributed by atoms with E-state index in [4.69, 9.17) is 0 Å². The Kier molecular flexibility index (Phi) is 3.08. The number of phenolic OH excluding ortho intramolecular Hbond substituents is 1. The van der Waals surface area contributed by atoms with Crippen molar-refractivity contribution in [2.45, 2.75) is 0 Å². The highest BCUT2D eigenvalue weighted by atomic mass is 32.1. The molecule has 0 aliphatic carbocycles. The first-order valence-corrected chi connectivity index (χ1v) is 6.65. The van der Waals surface area contributed by atoms with Crippen LogP contribution in [0.25, 0.3) is 10.2 Å². The van der Waals surface area contributed by atoms with E-state index in [0.717, 1.165) is 16.3 Å². The zero-order valence-corrected chi connectivity index (χ0v) is 10.9. The summed E-state index contributed by atoms with van der Waals surface area (Å²) in [6, 6.07) is 8.93. The topological polar surface area (TPSA) is 62.2 Å². The number of carbonyl (C=O) groups excluding carboxylic acids is 1. The number of carbonyl (C=O) groups is 1. The highest BCUT2D eigenvalue weighted by molar-refractivity contribution is 7.16. The van der Waals surface area contributed by atoms with E-state index >= 15 is 0 Å². The second-order valence-corrected chi connectivity index (χ2v) is 5.01. The van der Waals surface area contributed by atoms with Gasteiger partial charge < -0.3 is 10.4 Å². The lowest BCUT2D eigenvalue weighted by Gasteiger charge is -2.07. The third-order valence-electron chi connectivity index (χ3n) is 2.81. The quantitative estimate of drug-likeness (QED) is 0.759. The molecular formula is C14H9FN2O2S. The van der Waals surface area contributed by atoms with Crippen LogP contribution in [0.5, 0.6) is 5.75 Å². The molecule has 20 heavy (non-hydrogen) atoms. The number of benzene rings is 2. The molecule has 1 amide bonds. The van der Waals surface area contributed by atoms with E-state index in [9.17, 15) is 14.3 Å². The van der Waals surface area contributed by atoms with Crippen LogP contribution in [0.15, 0.2) is 41.9 Å². The lowest BCUT2D eigenvalue weighted by Crippen LogP contribution is -2.13. The maximum atomic E-state index is 13.6. The molecule has 1 heterocycles. The van der Waals surface area contributed by atoms with Crippen LogP contribution in [-0.4, -0.2) is 16.0 Å². The van der Waals surface area contributed by atoms with Crippen molar-refractivity contribution in [3.8, 4) is 5.75 Å². The summed E-state index contributed by atoms with van der Waals surface area (Å²) in [6.07, 6.45) is 0. The summed E-state index contributed by atoms with van der Waals surface area (Å²) in [5.74, 6) is -1.84. The first-order valence-electron chi connectivity index (χ1n) is 5.77. The lowest BCUT2D eigenvalue weighted by atomic mass is 10.1. The van der Waals surface area contributed by atoms with Crippen molar-refractivity contribution < 1.29 is 14.3 Å². The summed E-state index contributed by atoms with van der Waals surface area (Å²) in [7, 11) is 0. The number of fused-ring (bicyclic) bond motifs is 1. The smallest absolute Gasteiger partial charge is 0.262 e. The molecule has 0 spiro atoms. The number of phenols is 1. The second-order valence-electron chi connectivity index (χ2n) is 4.12. The molecule has 0 bridgehead atoms. The molecule has 2 N–H and O–H groups in total. The summed E-state index contributed by atoms with van der Waals surface area (Å²) in [4.78, 5) is 16.1. The molecule has 3 rings (SSSR count). The van der Waals surface area contributed by atoms with E-state index in [1.807, 2.05) is 0 Å². The number of amides is 1. The van der Waals surface area contributed by atoms with Gasteiger partial charge in [0.1, 0.15) is 17.1 Å². The van der Waals surface area contributed by atoms with Gasteiger partial charge >= 0.3 is 0 Å². The summed E-state index contributed by atoms with van der Waals surface area (Å²) < 4.78 is 14.5. The zero-order valence-electron chi connectivity index (χ0n) is 10.1. The molecule has 1 aromatic heterocycles. The SMILES string of the molecule is O=C(Nc1ccc2ncsc2c1)c1c(O)cccc1F. The van der Waals surface area contributed by atoms with Crippen LogP contribution >= 0.6 is 11.3 Å². The number of hydrogen-bond donors (Lipinski definition) is 2. The monoisotopic (exact) mass is 288 g/mol. The van der Waals surface area contributed by atoms with Crippen LogP contribution in [-0.2, 0) is 0 Å². The van der Waals surface area contributed by atoms with Gasteiger partial charge in [-0.25, -0.2) is 9.37 Å². The van der Waals surface area contributed by atoms with Crippen LogP contribution in [0.1, 0.15) is 10.4 Å². The van der Waals surface area contributed by atoms with E-state index in [-0.39, 0.29) is 11.3 Å². The Morgan fingerprint density at radius 3 is 2.95 bits per heavy atom. The Balaban J connectivity index is 1.92. The summed E-state index contributed by atoms with van der Waals surface area (Å²) in [5, 5.41) is 12.1. The molecule has 0 saturated carbocycles. The molecule has 6 heteroatoms. The zero-order chi connectivity index (χ0) is 14.1. The molecule has 100 valence electrons. The van der Waals surface area contributed by atoms with E-state index in [2.05, 4.69) is 10.3 Å². The number of thiazole rings is 1. The average Bonchev–Trinajstić information content (AvgIpc) is 2.85. The molecule has 0 atom stereocenters. The van der Waals surface area contributed by atoms with Crippen molar-refractivity contribution in [2.24, 2.45) is 0 Å². The van der Waals surface area contributed by atoms with Gasteiger partial charge in [-0.05, 0) is 30.3 Å². The van der Waals surface area contributed by atoms with Crippen LogP contribution in [0.2, 0.25) is 0 Å². The van der Waals surface area contributed by atoms with Crippen LogP contribution in [0.3, 0.4) is 0 Å². The minimum atomic E-state index is -0.763. The fourth-order valence-electron chi connectivity index (χ4n) is 1.86. The molecular weight excluding hydrogens is 279 g/mol. The van der Waals surface area contributed by atoms with Gasteiger partial charge in [-0.1, -0.05) is 6.07 Å². The first kappa shape index (κ1) is 12.6. The van der Waals surface area contributed by atoms with Gasteiger partial charge in [-0.3, -0.25) is 4.79 Å². The molecule has 0 unspecified atom stereocenters. The number of nitrogens with one attached hydrogen (secondary N) is 1. The molecule has 0 aliphatic rings. The predicted octanol–water partition coefficient (Wildman–Crippen LogP) is 3.39. The Bertz CT molecular complexity index is 780. The molecule has 0 aliphatic heterocycles. The van der Waals surface area contributed by atoms with Crippen molar-refractivity contribution in [3.63, 3.8) is 0 Å². The highest BCUT2D eigenvalue weighted by Gasteiger charge is 2.16. The minimum Gasteiger partial charge on any atom is -0.507 e. The normalized spacial score (nSPS) is 10.7. The van der Waals surface area contributed by atoms with Crippen molar-refractivity contribution in [3.05, 3.63) is 53.3 Å². The van der Waals surface area contributed by atoms with Gasteiger partial charge in [-0.2, -0.15) is 0 Å². The van der Waals surface area contributed by atoms with Gasteiger partial charge in [-0.15, -0.1) is 11.3 Å². The van der Waals surface area contributed by atoms with Crippen molar-refractivity contribution in [2.75, 3.05) is 5.32 Å². The summed E-state index contributed by atoms with van der Waals surface area (Å²) >= 11 is 1.44. The first-order chi connectivity index (χ1) is 9.65. The van der Waals surface area contributed by atoms with Crippen molar-refractivity contribution >= 4 is 33.1 Å². The number of aromatic nitrogens is 1. The van der Waals surface area contributed by atoms with Gasteiger partial charge in [0, 0.05) is 5.69 Å². The largest absolute Gasteiger partial charge is 0.507 e. The number of anilines is 1. The molecule has 0 fully saturated rings. The van der Waals surface area contributed by atoms with Crippen molar-refractivity contribution in [1.29, 1.82) is 0 Å². The molecule has 3 aromatic rings. The fraction of sp³-hybridized carbons (Fsp3) is 0. The number of rotatable bonds is 2. The minimum absolute atomic E-state index is 0.364. The molecule has 0 radical (unpaired) electrons. The highest BCUT2D eigenvalue weighted by Crippen LogP contribution is 2.24. The Morgan fingerprint density at radius 1 is 1.30 bits per heavy atom. The molecule has 0 saturated heterocycles. The number of nitrogens with zero attached hydrogens (tertiary/aromatic N) is 1. The maximum absolute atomic E-state index is 13.6. The third kappa shape index (κ3) is 2.21. The van der Waals surface area contributed by atoms with Crippen LogP contribution < -0.4 is 5.32 Å². The van der Waals surface area contributed by atoms with Crippen LogP contribution in [0.4, 0.5) is 10.1 Å². The third-order valence-corrected chi connectivity index (χ3v) is 3.60. The number of aromatic hydroxyl groups is 1. The molecule has 2 aromatic carbocycles. The molecule has 4 nitrogen and oxygen atoms in total. The maximum Gasteiger partial charge on any atom is 0.262 e. The van der Waals surface area contributed by atoms with E-state index in [1.165, 1.54) is 23.5 Å². The summed E-state index contributed by atoms with van der Waals surface area (Å²) in [6.45, 7) is 0. The average molecular weight is 288 g/mol. The number of halogens is 1. The predicted molar refractivity (Wildman–Crippen MR) is 75.6 cm³/mol.